The fourth-order valence-electron chi connectivity index (χ4n) is 1.78. The van der Waals surface area contributed by atoms with E-state index in [1.165, 1.54) is 6.26 Å². The van der Waals surface area contributed by atoms with Gasteiger partial charge in [-0.25, -0.2) is 8.42 Å². The van der Waals surface area contributed by atoms with Crippen molar-refractivity contribution in [3.63, 3.8) is 0 Å². The molecule has 108 valence electrons. The van der Waals surface area contributed by atoms with Gasteiger partial charge in [-0.15, -0.1) is 0 Å². The molecule has 0 spiro atoms. The maximum Gasteiger partial charge on any atom is 0.147 e. The molecule has 0 bridgehead atoms. The number of sulfone groups is 1. The molecule has 0 aromatic heterocycles. The van der Waals surface area contributed by atoms with Gasteiger partial charge < -0.3 is 15.2 Å². The lowest BCUT2D eigenvalue weighted by molar-refractivity contribution is 0.392. The molecule has 1 aromatic rings. The quantitative estimate of drug-likeness (QED) is 0.822. The SMILES string of the molecule is COc1cc(OC)cc(C(N)CCCS(C)(=O)=O)c1. The van der Waals surface area contributed by atoms with Gasteiger partial charge in [-0.2, -0.15) is 0 Å². The number of hydrogen-bond acceptors (Lipinski definition) is 5. The third-order valence-corrected chi connectivity index (χ3v) is 3.86. The van der Waals surface area contributed by atoms with Crippen LogP contribution >= 0.6 is 0 Å². The fourth-order valence-corrected chi connectivity index (χ4v) is 2.47. The monoisotopic (exact) mass is 287 g/mol. The molecule has 0 radical (unpaired) electrons. The Hall–Kier alpha value is -1.27. The van der Waals surface area contributed by atoms with Gasteiger partial charge in [0, 0.05) is 24.1 Å². The topological polar surface area (TPSA) is 78.6 Å². The highest BCUT2D eigenvalue weighted by atomic mass is 32.2. The van der Waals surface area contributed by atoms with Crippen LogP contribution in [0.3, 0.4) is 0 Å². The van der Waals surface area contributed by atoms with E-state index in [1.807, 2.05) is 12.1 Å². The number of ether oxygens (including phenoxy) is 2. The van der Waals surface area contributed by atoms with Crippen molar-refractivity contribution >= 4 is 9.84 Å². The van der Waals surface area contributed by atoms with Crippen molar-refractivity contribution in [1.82, 2.24) is 0 Å². The lowest BCUT2D eigenvalue weighted by Crippen LogP contribution is -2.13. The predicted molar refractivity (Wildman–Crippen MR) is 75.4 cm³/mol. The molecule has 2 N–H and O–H groups in total. The van der Waals surface area contributed by atoms with Gasteiger partial charge in [0.25, 0.3) is 0 Å². The summed E-state index contributed by atoms with van der Waals surface area (Å²) in [6.07, 6.45) is 2.37. The summed E-state index contributed by atoms with van der Waals surface area (Å²) in [5.74, 6) is 1.50. The van der Waals surface area contributed by atoms with E-state index in [0.717, 1.165) is 5.56 Å². The number of benzene rings is 1. The smallest absolute Gasteiger partial charge is 0.147 e. The van der Waals surface area contributed by atoms with E-state index in [-0.39, 0.29) is 11.8 Å². The zero-order valence-electron chi connectivity index (χ0n) is 11.5. The van der Waals surface area contributed by atoms with Gasteiger partial charge in [0.15, 0.2) is 0 Å². The Labute approximate surface area is 114 Å². The van der Waals surface area contributed by atoms with E-state index in [9.17, 15) is 8.42 Å². The molecule has 0 fully saturated rings. The first-order valence-corrected chi connectivity index (χ1v) is 8.08. The number of methoxy groups -OCH3 is 2. The number of nitrogens with two attached hydrogens (primary N) is 1. The third kappa shape index (κ3) is 5.48. The molecule has 19 heavy (non-hydrogen) atoms. The van der Waals surface area contributed by atoms with Crippen molar-refractivity contribution in [1.29, 1.82) is 0 Å². The summed E-state index contributed by atoms with van der Waals surface area (Å²) in [7, 11) is 0.222. The molecule has 1 atom stereocenters. The van der Waals surface area contributed by atoms with E-state index >= 15 is 0 Å². The van der Waals surface area contributed by atoms with Crippen molar-refractivity contribution < 1.29 is 17.9 Å². The first kappa shape index (κ1) is 15.8. The van der Waals surface area contributed by atoms with Crippen LogP contribution in [0.15, 0.2) is 18.2 Å². The van der Waals surface area contributed by atoms with Crippen LogP contribution in [-0.4, -0.2) is 34.6 Å². The van der Waals surface area contributed by atoms with E-state index < -0.39 is 9.84 Å². The van der Waals surface area contributed by atoms with Gasteiger partial charge in [0.1, 0.15) is 21.3 Å². The molecule has 6 heteroatoms. The van der Waals surface area contributed by atoms with Crippen molar-refractivity contribution in [3.8, 4) is 11.5 Å². The summed E-state index contributed by atoms with van der Waals surface area (Å²) in [5, 5.41) is 0. The number of rotatable bonds is 7. The average Bonchev–Trinajstić information content (AvgIpc) is 2.36. The normalized spacial score (nSPS) is 13.1. The minimum atomic E-state index is -2.93. The third-order valence-electron chi connectivity index (χ3n) is 2.83. The van der Waals surface area contributed by atoms with Crippen LogP contribution < -0.4 is 15.2 Å². The molecule has 0 aliphatic carbocycles. The van der Waals surface area contributed by atoms with Crippen molar-refractivity contribution in [2.24, 2.45) is 5.73 Å². The molecule has 1 rings (SSSR count). The molecule has 0 saturated carbocycles. The van der Waals surface area contributed by atoms with Crippen molar-refractivity contribution in [2.45, 2.75) is 18.9 Å². The van der Waals surface area contributed by atoms with Gasteiger partial charge in [-0.05, 0) is 30.5 Å². The summed E-state index contributed by atoms with van der Waals surface area (Å²) in [4.78, 5) is 0. The molecule has 0 saturated heterocycles. The summed E-state index contributed by atoms with van der Waals surface area (Å²) in [6, 6.07) is 5.22. The van der Waals surface area contributed by atoms with Crippen LogP contribution in [0.2, 0.25) is 0 Å². The highest BCUT2D eigenvalue weighted by molar-refractivity contribution is 7.90. The van der Waals surface area contributed by atoms with Crippen LogP contribution in [-0.2, 0) is 9.84 Å². The zero-order valence-corrected chi connectivity index (χ0v) is 12.4. The Balaban J connectivity index is 2.73. The maximum atomic E-state index is 11.1. The summed E-state index contributed by atoms with van der Waals surface area (Å²) < 4.78 is 32.5. The Morgan fingerprint density at radius 2 is 1.68 bits per heavy atom. The second kappa shape index (κ2) is 6.77. The van der Waals surface area contributed by atoms with Crippen LogP contribution in [0, 0.1) is 0 Å². The molecular formula is C13H21NO4S. The van der Waals surface area contributed by atoms with E-state index in [0.29, 0.717) is 24.3 Å². The highest BCUT2D eigenvalue weighted by Gasteiger charge is 2.11. The fraction of sp³-hybridized carbons (Fsp3) is 0.538. The maximum absolute atomic E-state index is 11.1. The van der Waals surface area contributed by atoms with Crippen LogP contribution in [0.4, 0.5) is 0 Å². The standard InChI is InChI=1S/C13H21NO4S/c1-17-11-7-10(8-12(9-11)18-2)13(14)5-4-6-19(3,15)16/h7-9,13H,4-6,14H2,1-3H3. The zero-order chi connectivity index (χ0) is 14.5. The second-order valence-corrected chi connectivity index (χ2v) is 6.78. The van der Waals surface area contributed by atoms with E-state index in [1.54, 1.807) is 20.3 Å². The molecule has 0 heterocycles. The molecule has 1 aromatic carbocycles. The lowest BCUT2D eigenvalue weighted by Gasteiger charge is -2.14. The largest absolute Gasteiger partial charge is 0.497 e. The van der Waals surface area contributed by atoms with Gasteiger partial charge in [-0.3, -0.25) is 0 Å². The summed E-state index contributed by atoms with van der Waals surface area (Å²) in [6.45, 7) is 0. The molecule has 5 nitrogen and oxygen atoms in total. The predicted octanol–water partition coefficient (Wildman–Crippen LogP) is 1.53. The van der Waals surface area contributed by atoms with Crippen LogP contribution in [0.25, 0.3) is 0 Å². The number of hydrogen-bond donors (Lipinski definition) is 1. The minimum absolute atomic E-state index is 0.155. The van der Waals surface area contributed by atoms with Crippen LogP contribution in [0.1, 0.15) is 24.4 Å². The molecule has 1 unspecified atom stereocenters. The van der Waals surface area contributed by atoms with E-state index in [4.69, 9.17) is 15.2 Å². The Morgan fingerprint density at radius 3 is 2.11 bits per heavy atom. The Kier molecular flexibility index (Phi) is 5.62. The Morgan fingerprint density at radius 1 is 1.16 bits per heavy atom. The Bertz CT molecular complexity index is 491. The first-order valence-electron chi connectivity index (χ1n) is 6.02. The average molecular weight is 287 g/mol. The van der Waals surface area contributed by atoms with Gasteiger partial charge in [0.05, 0.1) is 14.2 Å². The first-order chi connectivity index (χ1) is 8.85. The summed E-state index contributed by atoms with van der Waals surface area (Å²) in [5.41, 5.74) is 6.94. The minimum Gasteiger partial charge on any atom is -0.497 e. The summed E-state index contributed by atoms with van der Waals surface area (Å²) >= 11 is 0. The highest BCUT2D eigenvalue weighted by Crippen LogP contribution is 2.27. The van der Waals surface area contributed by atoms with Gasteiger partial charge in [-0.1, -0.05) is 0 Å². The van der Waals surface area contributed by atoms with Crippen LogP contribution in [0.5, 0.6) is 11.5 Å². The van der Waals surface area contributed by atoms with Crippen molar-refractivity contribution in [3.05, 3.63) is 23.8 Å². The molecule has 0 aliphatic rings. The van der Waals surface area contributed by atoms with Crippen molar-refractivity contribution in [2.75, 3.05) is 26.2 Å². The molecular weight excluding hydrogens is 266 g/mol. The van der Waals surface area contributed by atoms with E-state index in [2.05, 4.69) is 0 Å². The van der Waals surface area contributed by atoms with Gasteiger partial charge >= 0.3 is 0 Å². The lowest BCUT2D eigenvalue weighted by atomic mass is 10.0. The second-order valence-electron chi connectivity index (χ2n) is 4.52. The molecule has 0 aliphatic heterocycles. The van der Waals surface area contributed by atoms with Gasteiger partial charge in [0.2, 0.25) is 0 Å². The molecule has 0 amide bonds.